The summed E-state index contributed by atoms with van der Waals surface area (Å²) in [5, 5.41) is 0. The highest BCUT2D eigenvalue weighted by atomic mass is 16.6. The van der Waals surface area contributed by atoms with Gasteiger partial charge in [0.25, 0.3) is 0 Å². The van der Waals surface area contributed by atoms with Gasteiger partial charge < -0.3 is 14.2 Å². The summed E-state index contributed by atoms with van der Waals surface area (Å²) in [6.45, 7) is 15.9. The third-order valence-electron chi connectivity index (χ3n) is 7.14. The van der Waals surface area contributed by atoms with Gasteiger partial charge in [0.15, 0.2) is 0 Å². The number of nitrogens with zero attached hydrogens (tertiary/aromatic N) is 3. The van der Waals surface area contributed by atoms with E-state index in [9.17, 15) is 9.59 Å². The summed E-state index contributed by atoms with van der Waals surface area (Å²) in [5.74, 6) is -0.390. The van der Waals surface area contributed by atoms with Gasteiger partial charge in [-0.3, -0.25) is 24.3 Å². The molecule has 184 valence electrons. The third-order valence-corrected chi connectivity index (χ3v) is 7.14. The van der Waals surface area contributed by atoms with Gasteiger partial charge in [-0.25, -0.2) is 0 Å². The van der Waals surface area contributed by atoms with E-state index in [2.05, 4.69) is 35.5 Å². The highest BCUT2D eigenvalue weighted by Gasteiger charge is 2.35. The van der Waals surface area contributed by atoms with Crippen molar-refractivity contribution in [3.05, 3.63) is 0 Å². The molecule has 0 saturated carbocycles. The van der Waals surface area contributed by atoms with E-state index in [1.54, 1.807) is 0 Å². The molecule has 0 aromatic heterocycles. The molecule has 8 heteroatoms. The molecule has 0 radical (unpaired) electrons. The summed E-state index contributed by atoms with van der Waals surface area (Å²) < 4.78 is 17.3. The molecule has 3 aliphatic rings. The summed E-state index contributed by atoms with van der Waals surface area (Å²) >= 11 is 0. The molecule has 3 saturated heterocycles. The highest BCUT2D eigenvalue weighted by Crippen LogP contribution is 2.26. The van der Waals surface area contributed by atoms with Crippen LogP contribution in [0.25, 0.3) is 0 Å². The zero-order valence-corrected chi connectivity index (χ0v) is 20.5. The number of esters is 2. The maximum absolute atomic E-state index is 12.3. The van der Waals surface area contributed by atoms with Crippen molar-refractivity contribution in [1.82, 2.24) is 14.7 Å². The Morgan fingerprint density at radius 1 is 0.781 bits per heavy atom. The van der Waals surface area contributed by atoms with Crippen LogP contribution in [0.4, 0.5) is 0 Å². The zero-order chi connectivity index (χ0) is 23.1. The van der Waals surface area contributed by atoms with Gasteiger partial charge in [0, 0.05) is 64.0 Å². The van der Waals surface area contributed by atoms with Crippen molar-refractivity contribution in [2.45, 2.75) is 71.5 Å². The van der Waals surface area contributed by atoms with Gasteiger partial charge in [-0.2, -0.15) is 0 Å². The van der Waals surface area contributed by atoms with Crippen LogP contribution < -0.4 is 0 Å². The Kier molecular flexibility index (Phi) is 9.34. The lowest BCUT2D eigenvalue weighted by atomic mass is 9.88. The fourth-order valence-corrected chi connectivity index (χ4v) is 3.98. The Morgan fingerprint density at radius 2 is 1.22 bits per heavy atom. The second-order valence-corrected chi connectivity index (χ2v) is 10.1. The second kappa shape index (κ2) is 11.8. The molecule has 3 fully saturated rings. The molecule has 0 spiro atoms. The molecule has 0 amide bonds. The minimum absolute atomic E-state index is 0.195. The predicted molar refractivity (Wildman–Crippen MR) is 122 cm³/mol. The number of hydrogen-bond acceptors (Lipinski definition) is 8. The third kappa shape index (κ3) is 8.61. The lowest BCUT2D eigenvalue weighted by Crippen LogP contribution is -2.39. The quantitative estimate of drug-likeness (QED) is 0.187. The van der Waals surface area contributed by atoms with Gasteiger partial charge in [-0.15, -0.1) is 0 Å². The summed E-state index contributed by atoms with van der Waals surface area (Å²) in [4.78, 5) is 31.5. The largest absolute Gasteiger partial charge is 0.465 e. The zero-order valence-electron chi connectivity index (χ0n) is 20.5. The van der Waals surface area contributed by atoms with Crippen LogP contribution in [0.15, 0.2) is 0 Å². The number of rotatable bonds is 17. The molecule has 0 aliphatic carbocycles. The smallest absolute Gasteiger partial charge is 0.307 e. The van der Waals surface area contributed by atoms with Crippen molar-refractivity contribution >= 4 is 11.9 Å². The number of ether oxygens (including phenoxy) is 3. The van der Waals surface area contributed by atoms with Crippen LogP contribution >= 0.6 is 0 Å². The van der Waals surface area contributed by atoms with Gasteiger partial charge in [0.05, 0.1) is 24.9 Å². The molecule has 6 unspecified atom stereocenters. The summed E-state index contributed by atoms with van der Waals surface area (Å²) in [5.41, 5.74) is -0.501. The summed E-state index contributed by atoms with van der Waals surface area (Å²) in [6.07, 6.45) is 2.48. The molecule has 32 heavy (non-hydrogen) atoms. The molecule has 6 atom stereocenters. The Morgan fingerprint density at radius 3 is 1.62 bits per heavy atom. The first-order valence-corrected chi connectivity index (χ1v) is 12.4. The Hall–Kier alpha value is -1.22. The van der Waals surface area contributed by atoms with Gasteiger partial charge in [-0.1, -0.05) is 6.92 Å². The van der Waals surface area contributed by atoms with Crippen LogP contribution in [0.3, 0.4) is 0 Å². The van der Waals surface area contributed by atoms with Crippen molar-refractivity contribution in [1.29, 1.82) is 0 Å². The molecule has 0 aromatic rings. The van der Waals surface area contributed by atoms with Crippen molar-refractivity contribution in [3.63, 3.8) is 0 Å². The number of hydrogen-bond donors (Lipinski definition) is 0. The van der Waals surface area contributed by atoms with Gasteiger partial charge >= 0.3 is 11.9 Å². The molecular weight excluding hydrogens is 410 g/mol. The first-order chi connectivity index (χ1) is 15.3. The monoisotopic (exact) mass is 453 g/mol. The van der Waals surface area contributed by atoms with Crippen molar-refractivity contribution in [2.24, 2.45) is 5.41 Å². The van der Waals surface area contributed by atoms with Crippen molar-refractivity contribution < 1.29 is 23.8 Å². The van der Waals surface area contributed by atoms with E-state index >= 15 is 0 Å². The van der Waals surface area contributed by atoms with E-state index in [1.807, 2.05) is 6.92 Å². The van der Waals surface area contributed by atoms with E-state index in [4.69, 9.17) is 14.2 Å². The number of carbonyl (C=O) groups excluding carboxylic acids is 2. The fraction of sp³-hybridized carbons (Fsp3) is 0.917. The molecule has 3 rings (SSSR count). The maximum atomic E-state index is 12.3. The molecule has 3 heterocycles. The normalized spacial score (nSPS) is 32.1. The fourth-order valence-electron chi connectivity index (χ4n) is 3.98. The average molecular weight is 454 g/mol. The van der Waals surface area contributed by atoms with Gasteiger partial charge in [0.1, 0.15) is 13.2 Å². The first-order valence-electron chi connectivity index (χ1n) is 12.4. The van der Waals surface area contributed by atoms with Crippen LogP contribution in [0.1, 0.15) is 53.4 Å². The number of carbonyl (C=O) groups is 2. The minimum Gasteiger partial charge on any atom is -0.465 e. The summed E-state index contributed by atoms with van der Waals surface area (Å²) in [6, 6.07) is 1.86. The molecule has 0 bridgehead atoms. The SMILES string of the molecule is CCC(COCCCN1CC1C)(COC(=O)CCN1CC1C)COC(=O)CCN1CC1C. The van der Waals surface area contributed by atoms with E-state index in [0.29, 0.717) is 50.6 Å². The van der Waals surface area contributed by atoms with Gasteiger partial charge in [-0.05, 0) is 33.6 Å². The lowest BCUT2D eigenvalue weighted by Gasteiger charge is -2.31. The van der Waals surface area contributed by atoms with Crippen LogP contribution in [-0.4, -0.2) is 110 Å². The van der Waals surface area contributed by atoms with Crippen molar-refractivity contribution in [2.75, 3.05) is 65.7 Å². The summed E-state index contributed by atoms with van der Waals surface area (Å²) in [7, 11) is 0. The highest BCUT2D eigenvalue weighted by molar-refractivity contribution is 5.70. The molecular formula is C24H43N3O5. The van der Waals surface area contributed by atoms with Crippen LogP contribution in [0, 0.1) is 5.41 Å². The first kappa shape index (κ1) is 25.4. The van der Waals surface area contributed by atoms with E-state index in [0.717, 1.165) is 39.1 Å². The Labute approximate surface area is 193 Å². The van der Waals surface area contributed by atoms with Crippen LogP contribution in [-0.2, 0) is 23.8 Å². The molecule has 8 nitrogen and oxygen atoms in total. The van der Waals surface area contributed by atoms with Crippen LogP contribution in [0.5, 0.6) is 0 Å². The van der Waals surface area contributed by atoms with Gasteiger partial charge in [0.2, 0.25) is 0 Å². The average Bonchev–Trinajstić information content (AvgIpc) is 3.72. The molecule has 0 N–H and O–H groups in total. The maximum Gasteiger partial charge on any atom is 0.307 e. The van der Waals surface area contributed by atoms with E-state index < -0.39 is 5.41 Å². The van der Waals surface area contributed by atoms with E-state index in [-0.39, 0.29) is 25.2 Å². The Bertz CT molecular complexity index is 595. The molecule has 3 aliphatic heterocycles. The minimum atomic E-state index is -0.501. The topological polar surface area (TPSA) is 70.9 Å². The van der Waals surface area contributed by atoms with E-state index in [1.165, 1.54) is 6.54 Å². The standard InChI is InChI=1S/C24H43N3O5/c1-5-24(16-30-12-6-9-25-13-19(25)2,17-31-22(28)7-10-26-14-20(26)3)18-32-23(29)8-11-27-15-21(27)4/h19-21H,5-18H2,1-4H3. The van der Waals surface area contributed by atoms with Crippen molar-refractivity contribution in [3.8, 4) is 0 Å². The predicted octanol–water partition coefficient (Wildman–Crippen LogP) is 1.77. The lowest BCUT2D eigenvalue weighted by molar-refractivity contribution is -0.158. The Balaban J connectivity index is 1.41. The van der Waals surface area contributed by atoms with Crippen LogP contribution in [0.2, 0.25) is 0 Å². The second-order valence-electron chi connectivity index (χ2n) is 10.1. The molecule has 0 aromatic carbocycles.